The van der Waals surface area contributed by atoms with Gasteiger partial charge in [0.2, 0.25) is 5.88 Å². The summed E-state index contributed by atoms with van der Waals surface area (Å²) < 4.78 is 44.0. The van der Waals surface area contributed by atoms with Crippen LogP contribution in [0, 0.1) is 5.92 Å². The molecule has 3 nitrogen and oxygen atoms in total. The zero-order valence-corrected chi connectivity index (χ0v) is 10.7. The maximum absolute atomic E-state index is 13.0. The van der Waals surface area contributed by atoms with Crippen molar-refractivity contribution in [2.45, 2.75) is 37.9 Å². The van der Waals surface area contributed by atoms with Gasteiger partial charge in [0, 0.05) is 12.2 Å². The molecule has 0 amide bonds. The summed E-state index contributed by atoms with van der Waals surface area (Å²) in [5.74, 6) is -0.972. The second-order valence-corrected chi connectivity index (χ2v) is 4.74. The number of anilines is 1. The Labute approximate surface area is 110 Å². The van der Waals surface area contributed by atoms with Crippen molar-refractivity contribution in [3.8, 4) is 5.88 Å². The van der Waals surface area contributed by atoms with Crippen molar-refractivity contribution in [2.24, 2.45) is 5.92 Å². The summed E-state index contributed by atoms with van der Waals surface area (Å²) in [6.45, 7) is 0. The van der Waals surface area contributed by atoms with Crippen LogP contribution in [0.5, 0.6) is 5.88 Å². The Morgan fingerprint density at radius 2 is 2.05 bits per heavy atom. The summed E-state index contributed by atoms with van der Waals surface area (Å²) in [7, 11) is 1.45. The van der Waals surface area contributed by atoms with E-state index in [4.69, 9.17) is 4.74 Å². The van der Waals surface area contributed by atoms with Crippen molar-refractivity contribution in [1.29, 1.82) is 0 Å². The minimum atomic E-state index is -4.16. The van der Waals surface area contributed by atoms with Crippen LogP contribution in [-0.2, 0) is 0 Å². The minimum Gasteiger partial charge on any atom is -0.480 e. The van der Waals surface area contributed by atoms with Gasteiger partial charge in [-0.05, 0) is 25.0 Å². The molecule has 1 aromatic rings. The first-order chi connectivity index (χ1) is 9.02. The second-order valence-electron chi connectivity index (χ2n) is 4.74. The number of pyridine rings is 1. The number of hydrogen-bond acceptors (Lipinski definition) is 3. The number of halogens is 3. The Morgan fingerprint density at radius 3 is 2.74 bits per heavy atom. The van der Waals surface area contributed by atoms with E-state index in [2.05, 4.69) is 10.3 Å². The van der Waals surface area contributed by atoms with Crippen LogP contribution in [-0.4, -0.2) is 24.3 Å². The summed E-state index contributed by atoms with van der Waals surface area (Å²) in [4.78, 5) is 3.98. The topological polar surface area (TPSA) is 34.1 Å². The standard InChI is InChI=1S/C13H17F3N2O/c1-19-12-11(7-4-8-17-12)18-10-6-3-2-5-9(10)13(14,15)16/h4,7-10,18H,2-3,5-6H2,1H3. The van der Waals surface area contributed by atoms with Crippen LogP contribution >= 0.6 is 0 Å². The van der Waals surface area contributed by atoms with E-state index in [0.29, 0.717) is 24.4 Å². The molecule has 1 saturated carbocycles. The number of nitrogens with one attached hydrogen (secondary N) is 1. The van der Waals surface area contributed by atoms with Gasteiger partial charge in [-0.25, -0.2) is 4.98 Å². The Morgan fingerprint density at radius 1 is 1.32 bits per heavy atom. The van der Waals surface area contributed by atoms with Crippen LogP contribution in [0.25, 0.3) is 0 Å². The lowest BCUT2D eigenvalue weighted by Crippen LogP contribution is -2.41. The molecule has 6 heteroatoms. The van der Waals surface area contributed by atoms with E-state index in [9.17, 15) is 13.2 Å². The van der Waals surface area contributed by atoms with Gasteiger partial charge in [0.15, 0.2) is 0 Å². The molecule has 1 aliphatic rings. The van der Waals surface area contributed by atoms with Gasteiger partial charge in [-0.3, -0.25) is 0 Å². The summed E-state index contributed by atoms with van der Waals surface area (Å²) in [5.41, 5.74) is 0.520. The van der Waals surface area contributed by atoms with Crippen LogP contribution in [0.4, 0.5) is 18.9 Å². The van der Waals surface area contributed by atoms with Gasteiger partial charge < -0.3 is 10.1 Å². The smallest absolute Gasteiger partial charge is 0.393 e. The van der Waals surface area contributed by atoms with Gasteiger partial charge in [0.1, 0.15) is 0 Å². The van der Waals surface area contributed by atoms with Crippen LogP contribution in [0.2, 0.25) is 0 Å². The highest BCUT2D eigenvalue weighted by Gasteiger charge is 2.45. The molecule has 2 unspecified atom stereocenters. The van der Waals surface area contributed by atoms with Crippen molar-refractivity contribution < 1.29 is 17.9 Å². The number of methoxy groups -OCH3 is 1. The first kappa shape index (κ1) is 14.0. The van der Waals surface area contributed by atoms with Gasteiger partial charge in [0.05, 0.1) is 18.7 Å². The van der Waals surface area contributed by atoms with Crippen molar-refractivity contribution in [1.82, 2.24) is 4.98 Å². The Balaban J connectivity index is 2.15. The number of rotatable bonds is 3. The van der Waals surface area contributed by atoms with Crippen LogP contribution < -0.4 is 10.1 Å². The zero-order chi connectivity index (χ0) is 13.9. The maximum Gasteiger partial charge on any atom is 0.393 e. The Bertz CT molecular complexity index is 423. The molecule has 2 rings (SSSR count). The third-order valence-electron chi connectivity index (χ3n) is 3.49. The normalized spacial score (nSPS) is 24.0. The molecular formula is C13H17F3N2O. The van der Waals surface area contributed by atoms with Crippen LogP contribution in [0.3, 0.4) is 0 Å². The van der Waals surface area contributed by atoms with Gasteiger partial charge >= 0.3 is 6.18 Å². The van der Waals surface area contributed by atoms with E-state index in [-0.39, 0.29) is 6.42 Å². The van der Waals surface area contributed by atoms with Crippen molar-refractivity contribution >= 4 is 5.69 Å². The van der Waals surface area contributed by atoms with Gasteiger partial charge in [-0.15, -0.1) is 0 Å². The number of nitrogens with zero attached hydrogens (tertiary/aromatic N) is 1. The molecule has 0 radical (unpaired) electrons. The number of hydrogen-bond donors (Lipinski definition) is 1. The molecule has 1 heterocycles. The number of aromatic nitrogens is 1. The molecule has 1 fully saturated rings. The summed E-state index contributed by atoms with van der Waals surface area (Å²) in [6, 6.07) is 2.76. The van der Waals surface area contributed by atoms with E-state index >= 15 is 0 Å². The van der Waals surface area contributed by atoms with E-state index in [1.807, 2.05) is 0 Å². The third-order valence-corrected chi connectivity index (χ3v) is 3.49. The minimum absolute atomic E-state index is 0.184. The number of alkyl halides is 3. The average Bonchev–Trinajstić information content (AvgIpc) is 2.39. The summed E-state index contributed by atoms with van der Waals surface area (Å²) in [5, 5.41) is 2.95. The first-order valence-electron chi connectivity index (χ1n) is 6.34. The lowest BCUT2D eigenvalue weighted by Gasteiger charge is -2.34. The van der Waals surface area contributed by atoms with Gasteiger partial charge in [-0.1, -0.05) is 12.8 Å². The summed E-state index contributed by atoms with van der Waals surface area (Å²) >= 11 is 0. The highest BCUT2D eigenvalue weighted by molar-refractivity contribution is 5.52. The average molecular weight is 274 g/mol. The molecular weight excluding hydrogens is 257 g/mol. The molecule has 0 bridgehead atoms. The molecule has 0 aromatic carbocycles. The predicted octanol–water partition coefficient (Wildman–Crippen LogP) is 3.62. The molecule has 0 spiro atoms. The van der Waals surface area contributed by atoms with Gasteiger partial charge in [0.25, 0.3) is 0 Å². The van der Waals surface area contributed by atoms with Crippen molar-refractivity contribution in [2.75, 3.05) is 12.4 Å². The van der Waals surface area contributed by atoms with E-state index in [0.717, 1.165) is 6.42 Å². The summed E-state index contributed by atoms with van der Waals surface area (Å²) in [6.07, 6.45) is -0.467. The zero-order valence-electron chi connectivity index (χ0n) is 10.7. The quantitative estimate of drug-likeness (QED) is 0.914. The molecule has 1 aliphatic carbocycles. The van der Waals surface area contributed by atoms with Crippen LogP contribution in [0.15, 0.2) is 18.3 Å². The molecule has 1 N–H and O–H groups in total. The largest absolute Gasteiger partial charge is 0.480 e. The predicted molar refractivity (Wildman–Crippen MR) is 66.2 cm³/mol. The monoisotopic (exact) mass is 274 g/mol. The van der Waals surface area contributed by atoms with Gasteiger partial charge in [-0.2, -0.15) is 13.2 Å². The lowest BCUT2D eigenvalue weighted by atomic mass is 9.84. The SMILES string of the molecule is COc1ncccc1NC1CCCCC1C(F)(F)F. The molecule has 2 atom stereocenters. The Kier molecular flexibility index (Phi) is 4.17. The molecule has 0 aliphatic heterocycles. The molecule has 19 heavy (non-hydrogen) atoms. The first-order valence-corrected chi connectivity index (χ1v) is 6.34. The molecule has 0 saturated heterocycles. The highest BCUT2D eigenvalue weighted by atomic mass is 19.4. The molecule has 106 valence electrons. The Hall–Kier alpha value is -1.46. The van der Waals surface area contributed by atoms with Crippen LogP contribution in [0.1, 0.15) is 25.7 Å². The van der Waals surface area contributed by atoms with E-state index in [1.54, 1.807) is 18.3 Å². The fourth-order valence-electron chi connectivity index (χ4n) is 2.56. The fraction of sp³-hybridized carbons (Fsp3) is 0.615. The number of ether oxygens (including phenoxy) is 1. The van der Waals surface area contributed by atoms with Crippen molar-refractivity contribution in [3.05, 3.63) is 18.3 Å². The lowest BCUT2D eigenvalue weighted by molar-refractivity contribution is -0.184. The maximum atomic E-state index is 13.0. The third kappa shape index (κ3) is 3.30. The van der Waals surface area contributed by atoms with Crippen molar-refractivity contribution in [3.63, 3.8) is 0 Å². The van der Waals surface area contributed by atoms with E-state index in [1.165, 1.54) is 7.11 Å². The highest BCUT2D eigenvalue weighted by Crippen LogP contribution is 2.39. The second kappa shape index (κ2) is 5.67. The molecule has 1 aromatic heterocycles. The fourth-order valence-corrected chi connectivity index (χ4v) is 2.56. The van der Waals surface area contributed by atoms with E-state index < -0.39 is 18.1 Å².